The molecule has 1 N–H and O–H groups in total. The highest BCUT2D eigenvalue weighted by Gasteiger charge is 2.17. The van der Waals surface area contributed by atoms with Gasteiger partial charge in [-0.25, -0.2) is 0 Å². The largest absolute Gasteiger partial charge is 0.314 e. The van der Waals surface area contributed by atoms with E-state index >= 15 is 0 Å². The minimum absolute atomic E-state index is 0.630. The van der Waals surface area contributed by atoms with E-state index in [0.717, 1.165) is 11.8 Å². The molecule has 0 spiro atoms. The zero-order valence-corrected chi connectivity index (χ0v) is 11.3. The van der Waals surface area contributed by atoms with Crippen molar-refractivity contribution in [2.75, 3.05) is 31.9 Å². The van der Waals surface area contributed by atoms with Gasteiger partial charge in [-0.05, 0) is 25.9 Å². The summed E-state index contributed by atoms with van der Waals surface area (Å²) >= 11 is 2.15. The fourth-order valence-corrected chi connectivity index (χ4v) is 3.17. The van der Waals surface area contributed by atoms with Gasteiger partial charge in [0.1, 0.15) is 0 Å². The van der Waals surface area contributed by atoms with E-state index in [-0.39, 0.29) is 0 Å². The predicted octanol–water partition coefficient (Wildman–Crippen LogP) is 2.20. The van der Waals surface area contributed by atoms with Crippen LogP contribution in [0.4, 0.5) is 0 Å². The maximum absolute atomic E-state index is 3.48. The van der Waals surface area contributed by atoms with Crippen LogP contribution in [0.2, 0.25) is 0 Å². The first-order chi connectivity index (χ1) is 7.22. The van der Waals surface area contributed by atoms with E-state index in [1.807, 2.05) is 0 Å². The summed E-state index contributed by atoms with van der Waals surface area (Å²) in [6.45, 7) is 11.8. The lowest BCUT2D eigenvalue weighted by atomic mass is 10.2. The lowest BCUT2D eigenvalue weighted by Crippen LogP contribution is -2.39. The zero-order chi connectivity index (χ0) is 11.1. The fraction of sp³-hybridized carbons (Fsp3) is 1.00. The molecule has 1 saturated heterocycles. The molecule has 1 aliphatic heterocycles. The van der Waals surface area contributed by atoms with E-state index < -0.39 is 0 Å². The van der Waals surface area contributed by atoms with E-state index in [1.54, 1.807) is 0 Å². The molecule has 1 rings (SSSR count). The average molecular weight is 230 g/mol. The second kappa shape index (κ2) is 7.53. The molecule has 0 aromatic heterocycles. The number of hydrogen-bond acceptors (Lipinski definition) is 3. The number of hydrogen-bond donors (Lipinski definition) is 1. The van der Waals surface area contributed by atoms with Crippen molar-refractivity contribution >= 4 is 11.8 Å². The molecule has 0 radical (unpaired) electrons. The Hall–Kier alpha value is 0.270. The van der Waals surface area contributed by atoms with Gasteiger partial charge in [0.25, 0.3) is 0 Å². The van der Waals surface area contributed by atoms with Crippen molar-refractivity contribution in [2.45, 2.75) is 44.9 Å². The summed E-state index contributed by atoms with van der Waals surface area (Å²) in [6, 6.07) is 0.630. The van der Waals surface area contributed by atoms with Gasteiger partial charge in [-0.1, -0.05) is 20.8 Å². The Balaban J connectivity index is 2.05. The molecule has 0 saturated carbocycles. The first-order valence-electron chi connectivity index (χ1n) is 6.29. The van der Waals surface area contributed by atoms with E-state index in [4.69, 9.17) is 0 Å². The molecule has 2 nitrogen and oxygen atoms in total. The van der Waals surface area contributed by atoms with Crippen molar-refractivity contribution in [3.8, 4) is 0 Å². The summed E-state index contributed by atoms with van der Waals surface area (Å²) in [5.41, 5.74) is 0. The molecule has 3 heteroatoms. The molecule has 1 unspecified atom stereocenters. The van der Waals surface area contributed by atoms with Crippen molar-refractivity contribution in [3.63, 3.8) is 0 Å². The normalized spacial score (nSPS) is 23.6. The zero-order valence-electron chi connectivity index (χ0n) is 10.5. The predicted molar refractivity (Wildman–Crippen MR) is 70.7 cm³/mol. The topological polar surface area (TPSA) is 15.3 Å². The summed E-state index contributed by atoms with van der Waals surface area (Å²) in [7, 11) is 0. The van der Waals surface area contributed by atoms with Gasteiger partial charge < -0.3 is 10.2 Å². The van der Waals surface area contributed by atoms with Crippen LogP contribution in [-0.2, 0) is 0 Å². The van der Waals surface area contributed by atoms with Crippen LogP contribution in [0.25, 0.3) is 0 Å². The minimum atomic E-state index is 0.630. The number of nitrogens with zero attached hydrogens (tertiary/aromatic N) is 1. The highest BCUT2D eigenvalue weighted by Crippen LogP contribution is 2.20. The Morgan fingerprint density at radius 3 is 2.93 bits per heavy atom. The first-order valence-corrected chi connectivity index (χ1v) is 7.34. The smallest absolute Gasteiger partial charge is 0.0172 e. The molecule has 0 amide bonds. The van der Waals surface area contributed by atoms with Gasteiger partial charge in [-0.2, -0.15) is 11.8 Å². The maximum atomic E-state index is 3.48. The van der Waals surface area contributed by atoms with Crippen LogP contribution in [0.15, 0.2) is 0 Å². The molecule has 0 bridgehead atoms. The molecular weight excluding hydrogens is 204 g/mol. The minimum Gasteiger partial charge on any atom is -0.314 e. The van der Waals surface area contributed by atoms with Gasteiger partial charge >= 0.3 is 0 Å². The second-order valence-electron chi connectivity index (χ2n) is 4.66. The third-order valence-electron chi connectivity index (χ3n) is 2.88. The van der Waals surface area contributed by atoms with Crippen LogP contribution in [-0.4, -0.2) is 48.1 Å². The highest BCUT2D eigenvalue weighted by molar-refractivity contribution is 8.00. The van der Waals surface area contributed by atoms with Crippen molar-refractivity contribution in [3.05, 3.63) is 0 Å². The van der Waals surface area contributed by atoms with Crippen molar-refractivity contribution in [2.24, 2.45) is 0 Å². The Bertz CT molecular complexity index is 162. The molecule has 15 heavy (non-hydrogen) atoms. The van der Waals surface area contributed by atoms with E-state index in [1.165, 1.54) is 38.2 Å². The SMILES string of the molecule is CCC1CN(CCCNC(C)C)CCS1. The van der Waals surface area contributed by atoms with Gasteiger partial charge in [-0.15, -0.1) is 0 Å². The monoisotopic (exact) mass is 230 g/mol. The van der Waals surface area contributed by atoms with Crippen LogP contribution in [0.1, 0.15) is 33.6 Å². The summed E-state index contributed by atoms with van der Waals surface area (Å²) < 4.78 is 0. The number of thioether (sulfide) groups is 1. The van der Waals surface area contributed by atoms with Crippen molar-refractivity contribution in [1.82, 2.24) is 10.2 Å². The summed E-state index contributed by atoms with van der Waals surface area (Å²) in [5, 5.41) is 4.36. The molecule has 0 aromatic rings. The Morgan fingerprint density at radius 2 is 2.27 bits per heavy atom. The van der Waals surface area contributed by atoms with Gasteiger partial charge in [0.2, 0.25) is 0 Å². The van der Waals surface area contributed by atoms with E-state index in [0.29, 0.717) is 6.04 Å². The van der Waals surface area contributed by atoms with E-state index in [9.17, 15) is 0 Å². The van der Waals surface area contributed by atoms with Crippen LogP contribution in [0.3, 0.4) is 0 Å². The van der Waals surface area contributed by atoms with Crippen LogP contribution in [0.5, 0.6) is 0 Å². The molecule has 90 valence electrons. The standard InChI is InChI=1S/C12H26N2S/c1-4-12-10-14(8-9-15-12)7-5-6-13-11(2)3/h11-13H,4-10H2,1-3H3. The Kier molecular flexibility index (Phi) is 6.69. The molecule has 1 aliphatic rings. The quantitative estimate of drug-likeness (QED) is 0.704. The Morgan fingerprint density at radius 1 is 1.47 bits per heavy atom. The summed E-state index contributed by atoms with van der Waals surface area (Å²) in [4.78, 5) is 2.63. The van der Waals surface area contributed by atoms with Crippen LogP contribution < -0.4 is 5.32 Å². The average Bonchev–Trinajstić information content (AvgIpc) is 2.24. The molecule has 1 heterocycles. The Labute approximate surface area is 99.2 Å². The van der Waals surface area contributed by atoms with Crippen molar-refractivity contribution in [1.29, 1.82) is 0 Å². The lowest BCUT2D eigenvalue weighted by molar-refractivity contribution is 0.275. The highest BCUT2D eigenvalue weighted by atomic mass is 32.2. The molecule has 1 fully saturated rings. The molecule has 0 aromatic carbocycles. The number of nitrogens with one attached hydrogen (secondary N) is 1. The maximum Gasteiger partial charge on any atom is 0.0172 e. The fourth-order valence-electron chi connectivity index (χ4n) is 1.92. The number of rotatable bonds is 6. The van der Waals surface area contributed by atoms with Gasteiger partial charge in [0.05, 0.1) is 0 Å². The third kappa shape index (κ3) is 5.79. The third-order valence-corrected chi connectivity index (χ3v) is 4.25. The summed E-state index contributed by atoms with van der Waals surface area (Å²) in [6.07, 6.45) is 2.62. The van der Waals surface area contributed by atoms with Gasteiger partial charge in [-0.3, -0.25) is 0 Å². The van der Waals surface area contributed by atoms with Crippen LogP contribution >= 0.6 is 11.8 Å². The molecule has 0 aliphatic carbocycles. The van der Waals surface area contributed by atoms with E-state index in [2.05, 4.69) is 42.7 Å². The lowest BCUT2D eigenvalue weighted by Gasteiger charge is -2.31. The first kappa shape index (κ1) is 13.3. The molecule has 1 atom stereocenters. The summed E-state index contributed by atoms with van der Waals surface area (Å²) in [5.74, 6) is 1.33. The van der Waals surface area contributed by atoms with Crippen molar-refractivity contribution < 1.29 is 0 Å². The second-order valence-corrected chi connectivity index (χ2v) is 6.07. The van der Waals surface area contributed by atoms with Crippen LogP contribution in [0, 0.1) is 0 Å². The molecular formula is C12H26N2S. The van der Waals surface area contributed by atoms with Gasteiger partial charge in [0.15, 0.2) is 0 Å². The van der Waals surface area contributed by atoms with Gasteiger partial charge in [0, 0.05) is 30.1 Å².